The number of rotatable bonds is 8. The monoisotopic (exact) mass is 365 g/mol. The third-order valence-corrected chi connectivity index (χ3v) is 4.05. The van der Waals surface area contributed by atoms with E-state index >= 15 is 0 Å². The zero-order valence-corrected chi connectivity index (χ0v) is 15.6. The van der Waals surface area contributed by atoms with Gasteiger partial charge in [-0.05, 0) is 35.7 Å². The average Bonchev–Trinajstić information content (AvgIpc) is 2.67. The number of nitrogens with zero attached hydrogens (tertiary/aromatic N) is 2. The maximum atomic E-state index is 12.2. The first kappa shape index (κ1) is 20.0. The van der Waals surface area contributed by atoms with Gasteiger partial charge in [-0.2, -0.15) is 5.26 Å². The van der Waals surface area contributed by atoms with E-state index in [1.165, 1.54) is 4.90 Å². The zero-order chi connectivity index (χ0) is 19.6. The number of aryl methyl sites for hydroxylation is 1. The van der Waals surface area contributed by atoms with E-state index in [4.69, 9.17) is 10.00 Å². The van der Waals surface area contributed by atoms with Crippen LogP contribution in [0.2, 0.25) is 0 Å². The minimum atomic E-state index is -0.296. The third-order valence-electron chi connectivity index (χ3n) is 4.05. The largest absolute Gasteiger partial charge is 0.484 e. The van der Waals surface area contributed by atoms with Gasteiger partial charge in [-0.1, -0.05) is 37.3 Å². The Morgan fingerprint density at radius 2 is 1.85 bits per heavy atom. The van der Waals surface area contributed by atoms with E-state index in [2.05, 4.69) is 11.4 Å². The Bertz CT molecular complexity index is 825. The maximum Gasteiger partial charge on any atom is 0.260 e. The molecule has 0 bridgehead atoms. The first-order valence-electron chi connectivity index (χ1n) is 8.74. The summed E-state index contributed by atoms with van der Waals surface area (Å²) in [7, 11) is 1.56. The van der Waals surface area contributed by atoms with Gasteiger partial charge >= 0.3 is 0 Å². The van der Waals surface area contributed by atoms with Gasteiger partial charge in [-0.15, -0.1) is 0 Å². The normalized spacial score (nSPS) is 9.96. The molecule has 0 aromatic heterocycles. The summed E-state index contributed by atoms with van der Waals surface area (Å²) in [6, 6.07) is 16.7. The van der Waals surface area contributed by atoms with E-state index < -0.39 is 0 Å². The highest BCUT2D eigenvalue weighted by molar-refractivity contribution is 5.95. The molecule has 6 heteroatoms. The smallest absolute Gasteiger partial charge is 0.260 e. The maximum absolute atomic E-state index is 12.2. The van der Waals surface area contributed by atoms with Crippen LogP contribution < -0.4 is 10.1 Å². The number of carbonyl (C=O) groups excluding carboxylic acids is 2. The molecule has 0 aliphatic carbocycles. The van der Waals surface area contributed by atoms with Gasteiger partial charge in [-0.3, -0.25) is 9.59 Å². The van der Waals surface area contributed by atoms with Crippen molar-refractivity contribution in [2.24, 2.45) is 0 Å². The van der Waals surface area contributed by atoms with Crippen molar-refractivity contribution < 1.29 is 14.3 Å². The molecule has 2 rings (SSSR count). The second-order valence-corrected chi connectivity index (χ2v) is 6.08. The molecule has 140 valence electrons. The van der Waals surface area contributed by atoms with Crippen molar-refractivity contribution in [3.8, 4) is 11.8 Å². The fourth-order valence-electron chi connectivity index (χ4n) is 2.49. The van der Waals surface area contributed by atoms with Crippen molar-refractivity contribution in [3.63, 3.8) is 0 Å². The number of anilines is 1. The molecular weight excluding hydrogens is 342 g/mol. The van der Waals surface area contributed by atoms with Gasteiger partial charge < -0.3 is 15.0 Å². The molecule has 0 unspecified atom stereocenters. The number of hydrogen-bond donors (Lipinski definition) is 1. The number of nitriles is 1. The zero-order valence-electron chi connectivity index (χ0n) is 15.6. The number of likely N-dealkylation sites (N-methyl/N-ethyl adjacent to an activating group) is 1. The minimum absolute atomic E-state index is 0.0542. The highest BCUT2D eigenvalue weighted by atomic mass is 16.5. The predicted molar refractivity (Wildman–Crippen MR) is 103 cm³/mol. The number of benzene rings is 2. The molecule has 27 heavy (non-hydrogen) atoms. The van der Waals surface area contributed by atoms with E-state index in [0.717, 1.165) is 23.2 Å². The molecule has 0 spiro atoms. The molecule has 2 aromatic rings. The molecule has 0 aliphatic heterocycles. The first-order chi connectivity index (χ1) is 13.0. The van der Waals surface area contributed by atoms with Crippen molar-refractivity contribution >= 4 is 17.5 Å². The quantitative estimate of drug-likeness (QED) is 0.780. The summed E-state index contributed by atoms with van der Waals surface area (Å²) >= 11 is 0. The van der Waals surface area contributed by atoms with Gasteiger partial charge in [0.2, 0.25) is 5.91 Å². The van der Waals surface area contributed by atoms with Gasteiger partial charge in [0.05, 0.1) is 19.0 Å². The van der Waals surface area contributed by atoms with Crippen molar-refractivity contribution in [1.82, 2.24) is 4.90 Å². The van der Waals surface area contributed by atoms with Crippen molar-refractivity contribution in [2.45, 2.75) is 19.8 Å². The van der Waals surface area contributed by atoms with Crippen LogP contribution in [-0.4, -0.2) is 36.9 Å². The van der Waals surface area contributed by atoms with Gasteiger partial charge in [-0.25, -0.2) is 0 Å². The van der Waals surface area contributed by atoms with Crippen LogP contribution in [0.5, 0.6) is 5.75 Å². The molecule has 6 nitrogen and oxygen atoms in total. The lowest BCUT2D eigenvalue weighted by atomic mass is 10.1. The summed E-state index contributed by atoms with van der Waals surface area (Å²) in [6.07, 6.45) is 1.14. The Kier molecular flexibility index (Phi) is 7.38. The summed E-state index contributed by atoms with van der Waals surface area (Å²) in [5.74, 6) is -0.0117. The second kappa shape index (κ2) is 9.97. The first-order valence-corrected chi connectivity index (χ1v) is 8.74. The van der Waals surface area contributed by atoms with E-state index in [0.29, 0.717) is 12.2 Å². The molecular formula is C21H23N3O3. The van der Waals surface area contributed by atoms with E-state index in [1.807, 2.05) is 31.2 Å². The average molecular weight is 365 g/mol. The van der Waals surface area contributed by atoms with E-state index in [1.54, 1.807) is 31.3 Å². The van der Waals surface area contributed by atoms with Crippen LogP contribution in [0.15, 0.2) is 48.5 Å². The lowest BCUT2D eigenvalue weighted by Crippen LogP contribution is -2.37. The Balaban J connectivity index is 1.82. The molecule has 0 fully saturated rings. The van der Waals surface area contributed by atoms with Gasteiger partial charge in [0.15, 0.2) is 6.61 Å². The number of para-hydroxylation sites is 1. The van der Waals surface area contributed by atoms with Crippen LogP contribution in [0.1, 0.15) is 18.1 Å². The highest BCUT2D eigenvalue weighted by Gasteiger charge is 2.14. The molecule has 2 amide bonds. The number of nitrogens with one attached hydrogen (secondary N) is 1. The molecule has 0 heterocycles. The number of amides is 2. The fourth-order valence-corrected chi connectivity index (χ4v) is 2.49. The number of carbonyl (C=O) groups is 2. The Labute approximate surface area is 159 Å². The van der Waals surface area contributed by atoms with Crippen LogP contribution >= 0.6 is 0 Å². The lowest BCUT2D eigenvalue weighted by Gasteiger charge is -2.18. The topological polar surface area (TPSA) is 82.4 Å². The van der Waals surface area contributed by atoms with Crippen LogP contribution in [0.25, 0.3) is 0 Å². The van der Waals surface area contributed by atoms with Gasteiger partial charge in [0.1, 0.15) is 5.75 Å². The van der Waals surface area contributed by atoms with E-state index in [9.17, 15) is 9.59 Å². The third kappa shape index (κ3) is 6.15. The van der Waals surface area contributed by atoms with Crippen LogP contribution in [0.3, 0.4) is 0 Å². The minimum Gasteiger partial charge on any atom is -0.484 e. The second-order valence-electron chi connectivity index (χ2n) is 6.08. The molecule has 0 saturated carbocycles. The van der Waals surface area contributed by atoms with Crippen molar-refractivity contribution in [1.29, 1.82) is 5.26 Å². The Morgan fingerprint density at radius 3 is 2.52 bits per heavy atom. The summed E-state index contributed by atoms with van der Waals surface area (Å²) in [6.45, 7) is 1.80. The summed E-state index contributed by atoms with van der Waals surface area (Å²) in [4.78, 5) is 25.7. The van der Waals surface area contributed by atoms with Crippen molar-refractivity contribution in [2.75, 3.05) is 25.5 Å². The van der Waals surface area contributed by atoms with Crippen molar-refractivity contribution in [3.05, 3.63) is 59.7 Å². The lowest BCUT2D eigenvalue weighted by molar-refractivity contribution is -0.135. The number of ether oxygens (including phenoxy) is 1. The van der Waals surface area contributed by atoms with Crippen LogP contribution in [0.4, 0.5) is 5.69 Å². The standard InChI is InChI=1S/C21H23N3O3/c1-3-17-6-4-5-7-19(17)23-20(25)14-24(2)21(26)15-27-18-10-8-16(9-11-18)12-13-22/h4-11H,3,12,14-15H2,1-2H3,(H,23,25). The van der Waals surface area contributed by atoms with E-state index in [-0.39, 0.29) is 25.0 Å². The molecule has 1 N–H and O–H groups in total. The fraction of sp³-hybridized carbons (Fsp3) is 0.286. The highest BCUT2D eigenvalue weighted by Crippen LogP contribution is 2.15. The molecule has 2 aromatic carbocycles. The van der Waals surface area contributed by atoms with Crippen LogP contribution in [-0.2, 0) is 22.4 Å². The Morgan fingerprint density at radius 1 is 1.15 bits per heavy atom. The summed E-state index contributed by atoms with van der Waals surface area (Å²) in [5.41, 5.74) is 2.69. The summed E-state index contributed by atoms with van der Waals surface area (Å²) in [5, 5.41) is 11.5. The Hall–Kier alpha value is -3.33. The van der Waals surface area contributed by atoms with Gasteiger partial charge in [0, 0.05) is 12.7 Å². The molecule has 0 radical (unpaired) electrons. The SMILES string of the molecule is CCc1ccccc1NC(=O)CN(C)C(=O)COc1ccc(CC#N)cc1. The molecule has 0 saturated heterocycles. The number of hydrogen-bond acceptors (Lipinski definition) is 4. The van der Waals surface area contributed by atoms with Gasteiger partial charge in [0.25, 0.3) is 5.91 Å². The molecule has 0 aliphatic rings. The summed E-state index contributed by atoms with van der Waals surface area (Å²) < 4.78 is 5.45. The van der Waals surface area contributed by atoms with Crippen LogP contribution in [0, 0.1) is 11.3 Å². The predicted octanol–water partition coefficient (Wildman–Crippen LogP) is 2.79. The molecule has 0 atom stereocenters.